The molecule has 2 fully saturated rings. The highest BCUT2D eigenvalue weighted by molar-refractivity contribution is 7.99. The average molecular weight is 513 g/mol. The molecule has 2 N–H and O–H groups in total. The summed E-state index contributed by atoms with van der Waals surface area (Å²) in [7, 11) is 0. The molecule has 1 aromatic heterocycles. The third-order valence-corrected chi connectivity index (χ3v) is 8.26. The van der Waals surface area contributed by atoms with E-state index in [1.807, 2.05) is 12.1 Å². The topological polar surface area (TPSA) is 79.8 Å². The van der Waals surface area contributed by atoms with Gasteiger partial charge in [-0.1, -0.05) is 18.7 Å². The van der Waals surface area contributed by atoms with Crippen molar-refractivity contribution in [2.45, 2.75) is 50.2 Å². The number of hydrogen-bond acceptors (Lipinski definition) is 6. The molecule has 0 atom stereocenters. The van der Waals surface area contributed by atoms with Gasteiger partial charge in [0.05, 0.1) is 11.0 Å². The maximum atomic E-state index is 13.8. The zero-order valence-electron chi connectivity index (χ0n) is 21.1. The Balaban J connectivity index is 1.35. The quantitative estimate of drug-likeness (QED) is 0.302. The van der Waals surface area contributed by atoms with Gasteiger partial charge in [-0.3, -0.25) is 14.7 Å². The zero-order valence-corrected chi connectivity index (χ0v) is 21.9. The second-order valence-corrected chi connectivity index (χ2v) is 10.7. The minimum absolute atomic E-state index is 0.0838. The number of amides is 1. The third-order valence-electron chi connectivity index (χ3n) is 7.11. The van der Waals surface area contributed by atoms with E-state index in [9.17, 15) is 9.18 Å². The van der Waals surface area contributed by atoms with Crippen molar-refractivity contribution in [2.75, 3.05) is 38.5 Å². The van der Waals surface area contributed by atoms with Crippen LogP contribution in [0.4, 0.5) is 4.39 Å². The van der Waals surface area contributed by atoms with Crippen LogP contribution in [0.5, 0.6) is 0 Å². The summed E-state index contributed by atoms with van der Waals surface area (Å²) in [6.45, 7) is 9.72. The molecule has 0 saturated carbocycles. The maximum absolute atomic E-state index is 13.8. The first-order valence-corrected chi connectivity index (χ1v) is 13.9. The summed E-state index contributed by atoms with van der Waals surface area (Å²) in [6.07, 6.45) is 9.68. The minimum atomic E-state index is -0.258. The van der Waals surface area contributed by atoms with Crippen LogP contribution < -0.4 is 5.73 Å². The first kappa shape index (κ1) is 26.4. The average Bonchev–Trinajstić information content (AvgIpc) is 3.25. The van der Waals surface area contributed by atoms with Gasteiger partial charge in [0, 0.05) is 49.6 Å². The molecule has 0 bridgehead atoms. The van der Waals surface area contributed by atoms with Crippen molar-refractivity contribution in [3.8, 4) is 0 Å². The van der Waals surface area contributed by atoms with Gasteiger partial charge in [-0.05, 0) is 81.9 Å². The van der Waals surface area contributed by atoms with Crippen LogP contribution in [0.15, 0.2) is 52.4 Å². The largest absolute Gasteiger partial charge is 0.405 e. The highest BCUT2D eigenvalue weighted by Crippen LogP contribution is 2.34. The molecule has 7 nitrogen and oxygen atoms in total. The number of nitrogens with two attached hydrogens (primary N) is 1. The van der Waals surface area contributed by atoms with Crippen molar-refractivity contribution < 1.29 is 9.18 Å². The van der Waals surface area contributed by atoms with E-state index in [-0.39, 0.29) is 23.7 Å². The molecule has 0 radical (unpaired) electrons. The number of benzene rings is 1. The molecule has 2 aliphatic heterocycles. The molecule has 2 aromatic rings. The second kappa shape index (κ2) is 12.5. The van der Waals surface area contributed by atoms with Gasteiger partial charge in [-0.25, -0.2) is 9.37 Å². The lowest BCUT2D eigenvalue weighted by Gasteiger charge is -2.38. The van der Waals surface area contributed by atoms with Gasteiger partial charge in [0.25, 0.3) is 0 Å². The molecule has 36 heavy (non-hydrogen) atoms. The Labute approximate surface area is 217 Å². The Morgan fingerprint density at radius 2 is 2.00 bits per heavy atom. The number of aromatic nitrogens is 2. The SMILES string of the molecule is C=N/C=C(\C=C/N)CN1CCC(C(=O)N2CCC(n3c(SCCC)nc4cc(F)ccc43)CC2)CC1. The molecule has 0 unspecified atom stereocenters. The normalized spacial score (nSPS) is 18.9. The number of piperidine rings is 2. The fourth-order valence-electron chi connectivity index (χ4n) is 5.27. The molecule has 1 amide bonds. The lowest BCUT2D eigenvalue weighted by molar-refractivity contribution is -0.138. The predicted molar refractivity (Wildman–Crippen MR) is 146 cm³/mol. The van der Waals surface area contributed by atoms with Crippen LogP contribution in [0, 0.1) is 11.7 Å². The summed E-state index contributed by atoms with van der Waals surface area (Å²) in [6, 6.07) is 5.14. The first-order chi connectivity index (χ1) is 17.5. The van der Waals surface area contributed by atoms with Crippen LogP contribution in [0.3, 0.4) is 0 Å². The molecule has 2 saturated heterocycles. The fraction of sp³-hybridized carbons (Fsp3) is 0.519. The van der Waals surface area contributed by atoms with Crippen molar-refractivity contribution in [1.29, 1.82) is 0 Å². The van der Waals surface area contributed by atoms with Crippen LogP contribution in [0.2, 0.25) is 0 Å². The van der Waals surface area contributed by atoms with Gasteiger partial charge >= 0.3 is 0 Å². The smallest absolute Gasteiger partial charge is 0.225 e. The maximum Gasteiger partial charge on any atom is 0.225 e. The number of aliphatic imine (C=N–C) groups is 1. The Morgan fingerprint density at radius 3 is 2.67 bits per heavy atom. The van der Waals surface area contributed by atoms with Gasteiger partial charge in [-0.2, -0.15) is 0 Å². The van der Waals surface area contributed by atoms with Crippen molar-refractivity contribution in [3.63, 3.8) is 0 Å². The lowest BCUT2D eigenvalue weighted by atomic mass is 9.93. The van der Waals surface area contributed by atoms with Crippen LogP contribution in [-0.4, -0.2) is 70.5 Å². The van der Waals surface area contributed by atoms with Gasteiger partial charge in [0.2, 0.25) is 5.91 Å². The number of imidazole rings is 1. The predicted octanol–water partition coefficient (Wildman–Crippen LogP) is 4.61. The van der Waals surface area contributed by atoms with E-state index in [0.29, 0.717) is 5.52 Å². The van der Waals surface area contributed by atoms with E-state index in [4.69, 9.17) is 10.7 Å². The zero-order chi connectivity index (χ0) is 25.5. The van der Waals surface area contributed by atoms with Gasteiger partial charge in [-0.15, -0.1) is 0 Å². The summed E-state index contributed by atoms with van der Waals surface area (Å²) >= 11 is 1.73. The summed E-state index contributed by atoms with van der Waals surface area (Å²) in [5, 5.41) is 0.958. The number of nitrogens with zero attached hydrogens (tertiary/aromatic N) is 5. The molecule has 0 aliphatic carbocycles. The van der Waals surface area contributed by atoms with E-state index in [2.05, 4.69) is 33.0 Å². The van der Waals surface area contributed by atoms with E-state index < -0.39 is 0 Å². The summed E-state index contributed by atoms with van der Waals surface area (Å²) in [5.74, 6) is 1.09. The van der Waals surface area contributed by atoms with E-state index in [1.165, 1.54) is 18.3 Å². The Morgan fingerprint density at radius 1 is 1.25 bits per heavy atom. The fourth-order valence-corrected chi connectivity index (χ4v) is 6.21. The summed E-state index contributed by atoms with van der Waals surface area (Å²) in [4.78, 5) is 26.3. The molecule has 2 aliphatic rings. The Hall–Kier alpha value is -2.65. The number of rotatable bonds is 9. The summed E-state index contributed by atoms with van der Waals surface area (Å²) in [5.41, 5.74) is 8.25. The number of likely N-dealkylation sites (tertiary alicyclic amines) is 2. The molecule has 1 aromatic carbocycles. The number of hydrogen-bond donors (Lipinski definition) is 1. The molecule has 9 heteroatoms. The molecular weight excluding hydrogens is 475 g/mol. The van der Waals surface area contributed by atoms with Crippen LogP contribution in [-0.2, 0) is 4.79 Å². The molecule has 0 spiro atoms. The highest BCUT2D eigenvalue weighted by Gasteiger charge is 2.32. The number of fused-ring (bicyclic) bond motifs is 1. The van der Waals surface area contributed by atoms with Gasteiger partial charge in [0.15, 0.2) is 5.16 Å². The number of carbonyl (C=O) groups excluding carboxylic acids is 1. The molecule has 4 rings (SSSR count). The van der Waals surface area contributed by atoms with E-state index in [1.54, 1.807) is 18.0 Å². The van der Waals surface area contributed by atoms with E-state index >= 15 is 0 Å². The van der Waals surface area contributed by atoms with Crippen LogP contribution in [0.25, 0.3) is 11.0 Å². The van der Waals surface area contributed by atoms with Crippen LogP contribution >= 0.6 is 11.8 Å². The first-order valence-electron chi connectivity index (χ1n) is 12.9. The monoisotopic (exact) mass is 512 g/mol. The Bertz CT molecular complexity index is 1110. The van der Waals surface area contributed by atoms with Gasteiger partial charge in [0.1, 0.15) is 5.82 Å². The minimum Gasteiger partial charge on any atom is -0.405 e. The van der Waals surface area contributed by atoms with Crippen LogP contribution in [0.1, 0.15) is 45.1 Å². The third kappa shape index (κ3) is 6.18. The second-order valence-electron chi connectivity index (χ2n) is 9.60. The van der Waals surface area contributed by atoms with Crippen molar-refractivity contribution >= 4 is 35.4 Å². The number of thioether (sulfide) groups is 1. The molecule has 3 heterocycles. The lowest BCUT2D eigenvalue weighted by Crippen LogP contribution is -2.45. The Kier molecular flexibility index (Phi) is 9.20. The molecular formula is C27H37FN6OS. The van der Waals surface area contributed by atoms with Crippen molar-refractivity contribution in [3.05, 3.63) is 48.1 Å². The standard InChI is InChI=1S/C27H37FN6OS/c1-3-16-36-27-31-24-17-22(28)4-5-25(24)34(27)23-9-14-33(15-10-23)26(35)21-7-12-32(13-8-21)19-20(6-11-29)18-30-2/h4-6,11,17-18,21,23H,2-3,7-10,12-16,19,29H2,1H3/b11-6-,20-18+. The summed E-state index contributed by atoms with van der Waals surface area (Å²) < 4.78 is 16.1. The van der Waals surface area contributed by atoms with Crippen molar-refractivity contribution in [1.82, 2.24) is 19.4 Å². The van der Waals surface area contributed by atoms with E-state index in [0.717, 1.165) is 86.8 Å². The highest BCUT2D eigenvalue weighted by atomic mass is 32.2. The molecule has 194 valence electrons. The van der Waals surface area contributed by atoms with Crippen molar-refractivity contribution in [2.24, 2.45) is 16.6 Å². The number of carbonyl (C=O) groups is 1. The van der Waals surface area contributed by atoms with Gasteiger partial charge < -0.3 is 15.2 Å². The number of halogens is 1.